The molecule has 2 aromatic carbocycles. The summed E-state index contributed by atoms with van der Waals surface area (Å²) in [7, 11) is 0. The fourth-order valence-electron chi connectivity index (χ4n) is 4.59. The zero-order valence-corrected chi connectivity index (χ0v) is 21.6. The van der Waals surface area contributed by atoms with E-state index in [0.717, 1.165) is 30.6 Å². The molecule has 1 fully saturated rings. The van der Waals surface area contributed by atoms with Gasteiger partial charge in [-0.25, -0.2) is 5.48 Å². The quantitative estimate of drug-likeness (QED) is 0.228. The van der Waals surface area contributed by atoms with Gasteiger partial charge in [-0.3, -0.25) is 24.7 Å². The predicted molar refractivity (Wildman–Crippen MR) is 144 cm³/mol. The molecule has 2 heterocycles. The minimum Gasteiger partial charge on any atom is -0.489 e. The molecule has 38 heavy (non-hydrogen) atoms. The van der Waals surface area contributed by atoms with Crippen LogP contribution in [0, 0.1) is 6.92 Å². The van der Waals surface area contributed by atoms with Crippen molar-refractivity contribution in [2.75, 3.05) is 19.6 Å². The molecule has 1 saturated heterocycles. The molecule has 1 aliphatic heterocycles. The van der Waals surface area contributed by atoms with E-state index in [1.807, 2.05) is 42.2 Å². The first kappa shape index (κ1) is 27.3. The Hall–Kier alpha value is -3.79. The topological polar surface area (TPSA) is 116 Å². The number of amides is 2. The lowest BCUT2D eigenvalue weighted by Crippen LogP contribution is -2.55. The van der Waals surface area contributed by atoms with Gasteiger partial charge in [-0.2, -0.15) is 0 Å². The van der Waals surface area contributed by atoms with E-state index < -0.39 is 11.9 Å². The average Bonchev–Trinajstić information content (AvgIpc) is 2.96. The van der Waals surface area contributed by atoms with Gasteiger partial charge >= 0.3 is 0 Å². The van der Waals surface area contributed by atoms with Crippen LogP contribution in [0.1, 0.15) is 40.0 Å². The smallest absolute Gasteiger partial charge is 0.262 e. The van der Waals surface area contributed by atoms with Gasteiger partial charge in [0.15, 0.2) is 0 Å². The van der Waals surface area contributed by atoms with E-state index >= 15 is 0 Å². The third-order valence-corrected chi connectivity index (χ3v) is 6.76. The number of nitrogens with zero attached hydrogens (tertiary/aromatic N) is 2. The minimum absolute atomic E-state index is 0.0903. The van der Waals surface area contributed by atoms with Gasteiger partial charge in [0.1, 0.15) is 18.4 Å². The predicted octanol–water partition coefficient (Wildman–Crippen LogP) is 2.83. The summed E-state index contributed by atoms with van der Waals surface area (Å²) in [5, 5.41) is 15.7. The number of nitrogens with one attached hydrogen (secondary N) is 3. The molecule has 0 spiro atoms. The maximum Gasteiger partial charge on any atom is 0.262 e. The zero-order chi connectivity index (χ0) is 26.7. The summed E-state index contributed by atoms with van der Waals surface area (Å²) < 4.78 is 5.80. The average molecular weight is 518 g/mol. The number of carbonyl (C=O) groups excluding carboxylic acids is 2. The number of pyridine rings is 1. The number of hydrogen-bond acceptors (Lipinski definition) is 7. The number of rotatable bonds is 11. The summed E-state index contributed by atoms with van der Waals surface area (Å²) in [6.07, 6.45) is 3.49. The van der Waals surface area contributed by atoms with Crippen LogP contribution in [0.2, 0.25) is 0 Å². The standard InChI is InChI=1S/C29H35N5O4/c1-21-17-23(11-14-30-21)20-38-26-9-7-24(8-10-26)28(35)32-19-27(29(36)33-37)34-15-12-25(13-16-34)31-18-22-5-3-2-4-6-22/h2-11,14,17,25,27,31,37H,12-13,15-16,18-20H2,1H3,(H,32,35)(H,33,36)/t27-/m0/s1. The van der Waals surface area contributed by atoms with E-state index in [1.165, 1.54) is 5.56 Å². The van der Waals surface area contributed by atoms with Crippen molar-refractivity contribution < 1.29 is 19.5 Å². The Morgan fingerprint density at radius 1 is 1.05 bits per heavy atom. The molecule has 0 saturated carbocycles. The number of aryl methyl sites for hydroxylation is 1. The SMILES string of the molecule is Cc1cc(COc2ccc(C(=O)NC[C@@H](C(=O)NO)N3CCC(NCc4ccccc4)CC3)cc2)ccn1. The van der Waals surface area contributed by atoms with Crippen LogP contribution in [0.4, 0.5) is 0 Å². The number of hydroxylamine groups is 1. The van der Waals surface area contributed by atoms with Crippen LogP contribution in [0.3, 0.4) is 0 Å². The number of likely N-dealkylation sites (tertiary alicyclic amines) is 1. The molecule has 0 radical (unpaired) electrons. The van der Waals surface area contributed by atoms with Crippen molar-refractivity contribution in [3.05, 3.63) is 95.3 Å². The third kappa shape index (κ3) is 7.85. The van der Waals surface area contributed by atoms with E-state index in [1.54, 1.807) is 35.9 Å². The second-order valence-electron chi connectivity index (χ2n) is 9.50. The molecule has 2 amide bonds. The summed E-state index contributed by atoms with van der Waals surface area (Å²) in [5.74, 6) is -0.176. The Labute approximate surface area is 223 Å². The normalized spacial score (nSPS) is 15.0. The molecule has 1 atom stereocenters. The summed E-state index contributed by atoms with van der Waals surface area (Å²) >= 11 is 0. The summed E-state index contributed by atoms with van der Waals surface area (Å²) in [6, 6.07) is 20.7. The van der Waals surface area contributed by atoms with Crippen LogP contribution in [-0.2, 0) is 17.9 Å². The number of ether oxygens (including phenoxy) is 1. The van der Waals surface area contributed by atoms with Crippen molar-refractivity contribution in [1.82, 2.24) is 26.0 Å². The van der Waals surface area contributed by atoms with Crippen LogP contribution in [0.25, 0.3) is 0 Å². The number of piperidine rings is 1. The summed E-state index contributed by atoms with van der Waals surface area (Å²) in [5.41, 5.74) is 5.39. The second kappa shape index (κ2) is 13.7. The van der Waals surface area contributed by atoms with Gasteiger partial charge in [-0.15, -0.1) is 0 Å². The monoisotopic (exact) mass is 517 g/mol. The molecule has 1 aromatic heterocycles. The first-order chi connectivity index (χ1) is 18.5. The molecule has 4 N–H and O–H groups in total. The molecular formula is C29H35N5O4. The third-order valence-electron chi connectivity index (χ3n) is 6.76. The molecule has 0 bridgehead atoms. The van der Waals surface area contributed by atoms with Gasteiger partial charge < -0.3 is 15.4 Å². The first-order valence-corrected chi connectivity index (χ1v) is 12.9. The molecule has 4 rings (SSSR count). The van der Waals surface area contributed by atoms with Gasteiger partial charge in [0.2, 0.25) is 0 Å². The van der Waals surface area contributed by atoms with Gasteiger partial charge in [-0.1, -0.05) is 30.3 Å². The summed E-state index contributed by atoms with van der Waals surface area (Å²) in [4.78, 5) is 31.4. The van der Waals surface area contributed by atoms with E-state index in [4.69, 9.17) is 4.74 Å². The number of hydrogen-bond donors (Lipinski definition) is 4. The van der Waals surface area contributed by atoms with Crippen LogP contribution in [0.5, 0.6) is 5.75 Å². The van der Waals surface area contributed by atoms with Crippen molar-refractivity contribution in [2.24, 2.45) is 0 Å². The van der Waals surface area contributed by atoms with Gasteiger partial charge in [0.05, 0.1) is 0 Å². The minimum atomic E-state index is -0.662. The van der Waals surface area contributed by atoms with Crippen molar-refractivity contribution in [3.63, 3.8) is 0 Å². The van der Waals surface area contributed by atoms with E-state index in [2.05, 4.69) is 27.8 Å². The largest absolute Gasteiger partial charge is 0.489 e. The molecule has 9 nitrogen and oxygen atoms in total. The maximum atomic E-state index is 12.8. The fraction of sp³-hybridized carbons (Fsp3) is 0.345. The van der Waals surface area contributed by atoms with Gasteiger partial charge in [-0.05, 0) is 67.3 Å². The van der Waals surface area contributed by atoms with Crippen molar-refractivity contribution in [2.45, 2.75) is 45.0 Å². The lowest BCUT2D eigenvalue weighted by molar-refractivity contribution is -0.135. The first-order valence-electron chi connectivity index (χ1n) is 12.9. The molecular weight excluding hydrogens is 482 g/mol. The highest BCUT2D eigenvalue weighted by Crippen LogP contribution is 2.16. The summed E-state index contributed by atoms with van der Waals surface area (Å²) in [6.45, 7) is 4.60. The Balaban J connectivity index is 1.24. The Kier molecular flexibility index (Phi) is 9.80. The molecule has 200 valence electrons. The van der Waals surface area contributed by atoms with Crippen molar-refractivity contribution in [1.29, 1.82) is 0 Å². The highest BCUT2D eigenvalue weighted by molar-refractivity contribution is 5.94. The molecule has 1 aliphatic rings. The maximum absolute atomic E-state index is 12.8. The molecule has 0 unspecified atom stereocenters. The zero-order valence-electron chi connectivity index (χ0n) is 21.6. The second-order valence-corrected chi connectivity index (χ2v) is 9.50. The molecule has 0 aliphatic carbocycles. The van der Waals surface area contributed by atoms with Crippen LogP contribution in [-0.4, -0.2) is 58.6 Å². The fourth-order valence-corrected chi connectivity index (χ4v) is 4.59. The lowest BCUT2D eigenvalue weighted by Gasteiger charge is -2.36. The van der Waals surface area contributed by atoms with Gasteiger partial charge in [0, 0.05) is 49.7 Å². The van der Waals surface area contributed by atoms with Crippen LogP contribution >= 0.6 is 0 Å². The van der Waals surface area contributed by atoms with E-state index in [-0.39, 0.29) is 12.5 Å². The van der Waals surface area contributed by atoms with Crippen molar-refractivity contribution >= 4 is 11.8 Å². The lowest BCUT2D eigenvalue weighted by atomic mass is 10.0. The van der Waals surface area contributed by atoms with Crippen LogP contribution in [0.15, 0.2) is 72.9 Å². The van der Waals surface area contributed by atoms with Gasteiger partial charge in [0.25, 0.3) is 11.8 Å². The molecule has 9 heteroatoms. The highest BCUT2D eigenvalue weighted by atomic mass is 16.5. The van der Waals surface area contributed by atoms with E-state index in [0.29, 0.717) is 37.1 Å². The Morgan fingerprint density at radius 3 is 2.47 bits per heavy atom. The Morgan fingerprint density at radius 2 is 1.79 bits per heavy atom. The van der Waals surface area contributed by atoms with Crippen LogP contribution < -0.4 is 20.9 Å². The number of aromatic nitrogens is 1. The Bertz CT molecular complexity index is 1180. The highest BCUT2D eigenvalue weighted by Gasteiger charge is 2.30. The number of benzene rings is 2. The number of carbonyl (C=O) groups is 2. The van der Waals surface area contributed by atoms with E-state index in [9.17, 15) is 14.8 Å². The molecule has 3 aromatic rings. The van der Waals surface area contributed by atoms with Crippen molar-refractivity contribution in [3.8, 4) is 5.75 Å².